The molecule has 0 bridgehead atoms. The van der Waals surface area contributed by atoms with E-state index in [2.05, 4.69) is 20.6 Å². The normalized spacial score (nSPS) is 15.1. The van der Waals surface area contributed by atoms with Gasteiger partial charge in [0.05, 0.1) is 17.6 Å². The summed E-state index contributed by atoms with van der Waals surface area (Å²) in [6, 6.07) is 7.90. The number of nitrogens with zero attached hydrogens (tertiary/aromatic N) is 2. The molecular weight excluding hydrogens is 418 g/mol. The number of carbonyl (C=O) groups excluding carboxylic acids is 1. The van der Waals surface area contributed by atoms with E-state index in [9.17, 15) is 13.2 Å². The first-order valence-electron chi connectivity index (χ1n) is 10.3. The van der Waals surface area contributed by atoms with Crippen LogP contribution in [0.1, 0.15) is 45.2 Å². The molecule has 2 amide bonds. The van der Waals surface area contributed by atoms with E-state index in [-0.39, 0.29) is 24.2 Å². The molecular formula is C21H29N5O4S. The Kier molecular flexibility index (Phi) is 6.80. The summed E-state index contributed by atoms with van der Waals surface area (Å²) < 4.78 is 25.4. The lowest BCUT2D eigenvalue weighted by atomic mass is 10.1. The largest absolute Gasteiger partial charge is 0.395 e. The fourth-order valence-electron chi connectivity index (χ4n) is 3.71. The van der Waals surface area contributed by atoms with Crippen molar-refractivity contribution in [3.8, 4) is 11.4 Å². The van der Waals surface area contributed by atoms with E-state index in [1.165, 1.54) is 6.07 Å². The van der Waals surface area contributed by atoms with E-state index in [0.717, 1.165) is 12.8 Å². The highest BCUT2D eigenvalue weighted by Crippen LogP contribution is 2.38. The molecule has 0 spiro atoms. The monoisotopic (exact) mass is 447 g/mol. The number of aliphatic hydroxyl groups excluding tert-OH is 1. The third-order valence-corrected chi connectivity index (χ3v) is 8.59. The van der Waals surface area contributed by atoms with Gasteiger partial charge in [0.15, 0.2) is 15.7 Å². The quantitative estimate of drug-likeness (QED) is 0.509. The Morgan fingerprint density at radius 2 is 1.84 bits per heavy atom. The predicted octanol–water partition coefficient (Wildman–Crippen LogP) is 2.43. The molecule has 1 aliphatic carbocycles. The van der Waals surface area contributed by atoms with Crippen molar-refractivity contribution >= 4 is 27.4 Å². The molecule has 1 saturated carbocycles. The third kappa shape index (κ3) is 4.96. The molecule has 2 aromatic rings. The smallest absolute Gasteiger partial charge is 0.319 e. The van der Waals surface area contributed by atoms with E-state index in [1.54, 1.807) is 38.1 Å². The molecule has 0 unspecified atom stereocenters. The number of amides is 2. The maximum absolute atomic E-state index is 13.3. The lowest BCUT2D eigenvalue weighted by molar-refractivity contribution is 0.245. The second-order valence-corrected chi connectivity index (χ2v) is 10.9. The number of carbonyl (C=O) groups is 1. The van der Waals surface area contributed by atoms with E-state index in [0.29, 0.717) is 35.6 Å². The maximum Gasteiger partial charge on any atom is 0.319 e. The second kappa shape index (κ2) is 9.19. The van der Waals surface area contributed by atoms with Crippen LogP contribution in [0.4, 0.5) is 16.3 Å². The number of anilines is 2. The Morgan fingerprint density at radius 1 is 1.19 bits per heavy atom. The summed E-state index contributed by atoms with van der Waals surface area (Å²) in [6.45, 7) is 3.35. The number of hydrogen-bond acceptors (Lipinski definition) is 7. The molecule has 1 aromatic carbocycles. The van der Waals surface area contributed by atoms with Crippen molar-refractivity contribution in [2.75, 3.05) is 24.2 Å². The van der Waals surface area contributed by atoms with Gasteiger partial charge < -0.3 is 21.5 Å². The van der Waals surface area contributed by atoms with Gasteiger partial charge in [0.25, 0.3) is 0 Å². The first-order valence-corrected chi connectivity index (χ1v) is 11.8. The molecule has 1 fully saturated rings. The molecule has 5 N–H and O–H groups in total. The average molecular weight is 448 g/mol. The summed E-state index contributed by atoms with van der Waals surface area (Å²) in [7, 11) is -3.45. The number of rotatable bonds is 7. The number of aliphatic hydroxyl groups is 1. The molecule has 1 heterocycles. The summed E-state index contributed by atoms with van der Waals surface area (Å²) in [5.74, 6) is 0.515. The van der Waals surface area contributed by atoms with Gasteiger partial charge in [-0.3, -0.25) is 0 Å². The van der Waals surface area contributed by atoms with Crippen LogP contribution in [0, 0.1) is 0 Å². The molecule has 168 valence electrons. The van der Waals surface area contributed by atoms with Gasteiger partial charge in [-0.15, -0.1) is 0 Å². The fourth-order valence-corrected chi connectivity index (χ4v) is 5.90. The van der Waals surface area contributed by atoms with Crippen molar-refractivity contribution in [2.24, 2.45) is 0 Å². The van der Waals surface area contributed by atoms with Crippen LogP contribution in [-0.4, -0.2) is 47.9 Å². The van der Waals surface area contributed by atoms with Gasteiger partial charge in [0, 0.05) is 23.9 Å². The lowest BCUT2D eigenvalue weighted by Crippen LogP contribution is -2.37. The van der Waals surface area contributed by atoms with Crippen molar-refractivity contribution in [1.82, 2.24) is 15.3 Å². The number of urea groups is 1. The summed E-state index contributed by atoms with van der Waals surface area (Å²) >= 11 is 0. The number of hydrogen-bond donors (Lipinski definition) is 4. The number of sulfone groups is 1. The molecule has 0 saturated heterocycles. The van der Waals surface area contributed by atoms with Crippen molar-refractivity contribution < 1.29 is 18.3 Å². The van der Waals surface area contributed by atoms with E-state index < -0.39 is 20.6 Å². The summed E-state index contributed by atoms with van der Waals surface area (Å²) in [4.78, 5) is 20.5. The number of benzene rings is 1. The average Bonchev–Trinajstić information content (AvgIpc) is 3.28. The zero-order chi connectivity index (χ0) is 22.6. The standard InChI is InChI=1S/C21H29N5O4S/c1-21(2,31(29,30)16-5-3-4-6-16)17-13-18(22)26-19(25-17)14-7-9-15(10-8-14)24-20(28)23-11-12-27/h7-10,13,16,27H,3-6,11-12H2,1-2H3,(H2,22,25,26)(H2,23,24,28). The van der Waals surface area contributed by atoms with Crippen molar-refractivity contribution in [1.29, 1.82) is 0 Å². The Bertz CT molecular complexity index is 1030. The van der Waals surface area contributed by atoms with E-state index >= 15 is 0 Å². The Labute approximate surface area is 182 Å². The minimum absolute atomic E-state index is 0.145. The molecule has 3 rings (SSSR count). The fraction of sp³-hybridized carbons (Fsp3) is 0.476. The van der Waals surface area contributed by atoms with Crippen molar-refractivity contribution in [3.63, 3.8) is 0 Å². The molecule has 1 aliphatic rings. The number of nitrogens with one attached hydrogen (secondary N) is 2. The molecule has 0 aliphatic heterocycles. The van der Waals surface area contributed by atoms with Gasteiger partial charge in [0.1, 0.15) is 10.6 Å². The van der Waals surface area contributed by atoms with E-state index in [1.807, 2.05) is 0 Å². The molecule has 0 atom stereocenters. The van der Waals surface area contributed by atoms with Crippen LogP contribution in [-0.2, 0) is 14.6 Å². The zero-order valence-corrected chi connectivity index (χ0v) is 18.6. The maximum atomic E-state index is 13.3. The first-order chi connectivity index (χ1) is 14.6. The Balaban J connectivity index is 1.86. The number of nitrogen functional groups attached to an aromatic ring is 1. The van der Waals surface area contributed by atoms with Gasteiger partial charge in [-0.05, 0) is 51.0 Å². The highest BCUT2D eigenvalue weighted by atomic mass is 32.2. The summed E-state index contributed by atoms with van der Waals surface area (Å²) in [5.41, 5.74) is 7.56. The minimum atomic E-state index is -3.45. The number of nitrogens with two attached hydrogens (primary N) is 1. The zero-order valence-electron chi connectivity index (χ0n) is 17.8. The SMILES string of the molecule is CC(C)(c1cc(N)nc(-c2ccc(NC(=O)NCCO)cc2)n1)S(=O)(=O)C1CCCC1. The van der Waals surface area contributed by atoms with Crippen LogP contribution in [0.3, 0.4) is 0 Å². The molecule has 1 aromatic heterocycles. The van der Waals surface area contributed by atoms with Crippen LogP contribution in [0.2, 0.25) is 0 Å². The van der Waals surface area contributed by atoms with Crippen LogP contribution in [0.15, 0.2) is 30.3 Å². The van der Waals surface area contributed by atoms with Gasteiger partial charge >= 0.3 is 6.03 Å². The highest BCUT2D eigenvalue weighted by molar-refractivity contribution is 7.92. The van der Waals surface area contributed by atoms with Crippen LogP contribution < -0.4 is 16.4 Å². The van der Waals surface area contributed by atoms with Gasteiger partial charge in [-0.25, -0.2) is 23.2 Å². The van der Waals surface area contributed by atoms with Crippen molar-refractivity contribution in [2.45, 2.75) is 49.5 Å². The second-order valence-electron chi connectivity index (χ2n) is 8.15. The lowest BCUT2D eigenvalue weighted by Gasteiger charge is -2.28. The molecule has 31 heavy (non-hydrogen) atoms. The third-order valence-electron chi connectivity index (χ3n) is 5.61. The topological polar surface area (TPSA) is 147 Å². The van der Waals surface area contributed by atoms with Gasteiger partial charge in [-0.2, -0.15) is 0 Å². The van der Waals surface area contributed by atoms with Crippen LogP contribution in [0.25, 0.3) is 11.4 Å². The molecule has 0 radical (unpaired) electrons. The molecule has 10 heteroatoms. The van der Waals surface area contributed by atoms with E-state index in [4.69, 9.17) is 10.8 Å². The predicted molar refractivity (Wildman–Crippen MR) is 120 cm³/mol. The Hall–Kier alpha value is -2.72. The number of aromatic nitrogens is 2. The Morgan fingerprint density at radius 3 is 2.45 bits per heavy atom. The summed E-state index contributed by atoms with van der Waals surface area (Å²) in [6.07, 6.45) is 3.21. The van der Waals surface area contributed by atoms with Crippen molar-refractivity contribution in [3.05, 3.63) is 36.0 Å². The highest BCUT2D eigenvalue weighted by Gasteiger charge is 2.44. The van der Waals surface area contributed by atoms with Gasteiger partial charge in [-0.1, -0.05) is 12.8 Å². The van der Waals surface area contributed by atoms with Gasteiger partial charge in [0.2, 0.25) is 0 Å². The summed E-state index contributed by atoms with van der Waals surface area (Å²) in [5, 5.41) is 13.5. The first kappa shape index (κ1) is 23.0. The minimum Gasteiger partial charge on any atom is -0.395 e. The molecule has 9 nitrogen and oxygen atoms in total. The van der Waals surface area contributed by atoms with Crippen LogP contribution >= 0.6 is 0 Å². The van der Waals surface area contributed by atoms with Crippen LogP contribution in [0.5, 0.6) is 0 Å².